The van der Waals surface area contributed by atoms with E-state index in [1.165, 1.54) is 18.7 Å². The summed E-state index contributed by atoms with van der Waals surface area (Å²) in [5.74, 6) is -0.657. The second-order valence-corrected chi connectivity index (χ2v) is 6.17. The van der Waals surface area contributed by atoms with E-state index in [1.54, 1.807) is 24.3 Å². The second-order valence-electron chi connectivity index (χ2n) is 6.17. The molecule has 2 aromatic carbocycles. The zero-order valence-corrected chi connectivity index (χ0v) is 15.2. The first-order valence-electron chi connectivity index (χ1n) is 8.32. The highest BCUT2D eigenvalue weighted by molar-refractivity contribution is 5.95. The number of aryl methyl sites for hydroxylation is 1. The molecule has 2 aromatic rings. The van der Waals surface area contributed by atoms with Crippen LogP contribution in [0, 0.1) is 6.92 Å². The lowest BCUT2D eigenvalue weighted by molar-refractivity contribution is -0.133. The van der Waals surface area contributed by atoms with Crippen LogP contribution in [0.2, 0.25) is 0 Å². The molecule has 2 N–H and O–H groups in total. The summed E-state index contributed by atoms with van der Waals surface area (Å²) >= 11 is 0. The van der Waals surface area contributed by atoms with Crippen LogP contribution in [0.5, 0.6) is 0 Å². The summed E-state index contributed by atoms with van der Waals surface area (Å²) in [7, 11) is 0. The first-order valence-corrected chi connectivity index (χ1v) is 8.32. The average Bonchev–Trinajstić information content (AvgIpc) is 2.53. The van der Waals surface area contributed by atoms with Crippen LogP contribution in [-0.4, -0.2) is 29.2 Å². The van der Waals surface area contributed by atoms with Crippen molar-refractivity contribution >= 4 is 29.1 Å². The molecule has 0 heterocycles. The van der Waals surface area contributed by atoms with E-state index >= 15 is 0 Å². The molecule has 0 bridgehead atoms. The number of benzene rings is 2. The number of anilines is 2. The molecule has 0 saturated carbocycles. The van der Waals surface area contributed by atoms with Gasteiger partial charge in [-0.3, -0.25) is 14.4 Å². The number of hydrogen-bond donors (Lipinski definition) is 2. The zero-order valence-electron chi connectivity index (χ0n) is 15.2. The molecule has 3 amide bonds. The monoisotopic (exact) mass is 353 g/mol. The van der Waals surface area contributed by atoms with Crippen molar-refractivity contribution in [3.63, 3.8) is 0 Å². The van der Waals surface area contributed by atoms with Gasteiger partial charge in [0.1, 0.15) is 6.54 Å². The molecule has 2 rings (SSSR count). The van der Waals surface area contributed by atoms with Gasteiger partial charge in [0, 0.05) is 31.8 Å². The molecular formula is C20H23N3O3. The van der Waals surface area contributed by atoms with Crippen LogP contribution in [0.15, 0.2) is 48.5 Å². The van der Waals surface area contributed by atoms with E-state index in [2.05, 4.69) is 10.6 Å². The summed E-state index contributed by atoms with van der Waals surface area (Å²) in [6.07, 6.45) is 0. The van der Waals surface area contributed by atoms with Crippen LogP contribution < -0.4 is 10.6 Å². The average molecular weight is 353 g/mol. The fourth-order valence-corrected chi connectivity index (χ4v) is 2.56. The Hall–Kier alpha value is -3.15. The number of carbonyl (C=O) groups excluding carboxylic acids is 3. The Bertz CT molecular complexity index is 817. The van der Waals surface area contributed by atoms with Crippen LogP contribution in [0.3, 0.4) is 0 Å². The van der Waals surface area contributed by atoms with Gasteiger partial charge in [0.05, 0.1) is 0 Å². The Kier molecular flexibility index (Phi) is 6.49. The minimum atomic E-state index is -0.298. The lowest BCUT2D eigenvalue weighted by atomic mass is 10.1. The van der Waals surface area contributed by atoms with Gasteiger partial charge in [0.15, 0.2) is 0 Å². The Morgan fingerprint density at radius 1 is 0.923 bits per heavy atom. The summed E-state index contributed by atoms with van der Waals surface area (Å²) in [5.41, 5.74) is 3.23. The smallest absolute Gasteiger partial charge is 0.244 e. The molecule has 0 aliphatic heterocycles. The van der Waals surface area contributed by atoms with Gasteiger partial charge in [-0.2, -0.15) is 0 Å². The summed E-state index contributed by atoms with van der Waals surface area (Å²) in [4.78, 5) is 36.8. The summed E-state index contributed by atoms with van der Waals surface area (Å²) < 4.78 is 0. The van der Waals surface area contributed by atoms with Crippen molar-refractivity contribution in [1.82, 2.24) is 4.90 Å². The summed E-state index contributed by atoms with van der Waals surface area (Å²) in [5, 5.41) is 5.41. The number of amides is 3. The van der Waals surface area contributed by atoms with E-state index in [0.29, 0.717) is 17.9 Å². The van der Waals surface area contributed by atoms with E-state index in [0.717, 1.165) is 11.1 Å². The predicted molar refractivity (Wildman–Crippen MR) is 102 cm³/mol. The third-order valence-corrected chi connectivity index (χ3v) is 3.70. The molecule has 0 radical (unpaired) electrons. The quantitative estimate of drug-likeness (QED) is 0.838. The zero-order chi connectivity index (χ0) is 19.1. The van der Waals surface area contributed by atoms with Crippen molar-refractivity contribution in [3.05, 3.63) is 59.7 Å². The van der Waals surface area contributed by atoms with Crippen LogP contribution in [0.25, 0.3) is 0 Å². The third-order valence-electron chi connectivity index (χ3n) is 3.70. The van der Waals surface area contributed by atoms with Gasteiger partial charge in [0.2, 0.25) is 17.7 Å². The molecule has 6 heteroatoms. The standard InChI is InChI=1S/C20H23N3O3/c1-14-6-4-7-17(10-14)12-23(16(3)25)13-20(26)22-19-9-5-8-18(11-19)21-15(2)24/h4-11H,12-13H2,1-3H3,(H,21,24)(H,22,26). The fraction of sp³-hybridized carbons (Fsp3) is 0.250. The first-order chi connectivity index (χ1) is 12.3. The summed E-state index contributed by atoms with van der Waals surface area (Å²) in [6.45, 7) is 5.17. The molecule has 0 aliphatic rings. The Labute approximate surface area is 153 Å². The van der Waals surface area contributed by atoms with E-state index in [9.17, 15) is 14.4 Å². The highest BCUT2D eigenvalue weighted by Crippen LogP contribution is 2.15. The van der Waals surface area contributed by atoms with Crippen molar-refractivity contribution in [3.8, 4) is 0 Å². The van der Waals surface area contributed by atoms with Crippen molar-refractivity contribution < 1.29 is 14.4 Å². The van der Waals surface area contributed by atoms with Gasteiger partial charge < -0.3 is 15.5 Å². The molecule has 0 atom stereocenters. The van der Waals surface area contributed by atoms with Crippen LogP contribution in [-0.2, 0) is 20.9 Å². The predicted octanol–water partition coefficient (Wildman–Crippen LogP) is 2.94. The maximum Gasteiger partial charge on any atom is 0.244 e. The first kappa shape index (κ1) is 19.2. The van der Waals surface area contributed by atoms with Gasteiger partial charge >= 0.3 is 0 Å². The van der Waals surface area contributed by atoms with Crippen molar-refractivity contribution in [2.45, 2.75) is 27.3 Å². The third kappa shape index (κ3) is 6.05. The highest BCUT2D eigenvalue weighted by Gasteiger charge is 2.14. The molecule has 0 spiro atoms. The van der Waals surface area contributed by atoms with Gasteiger partial charge in [-0.1, -0.05) is 35.9 Å². The van der Waals surface area contributed by atoms with Gasteiger partial charge in [-0.25, -0.2) is 0 Å². The lowest BCUT2D eigenvalue weighted by Crippen LogP contribution is -2.36. The SMILES string of the molecule is CC(=O)Nc1cccc(NC(=O)CN(Cc2cccc(C)c2)C(C)=O)c1. The summed E-state index contributed by atoms with van der Waals surface area (Å²) in [6, 6.07) is 14.7. The molecule has 6 nitrogen and oxygen atoms in total. The molecule has 0 aromatic heterocycles. The normalized spacial score (nSPS) is 10.1. The molecule has 0 fully saturated rings. The highest BCUT2D eigenvalue weighted by atomic mass is 16.2. The maximum atomic E-state index is 12.3. The van der Waals surface area contributed by atoms with Crippen molar-refractivity contribution in [2.24, 2.45) is 0 Å². The Morgan fingerprint density at radius 3 is 2.19 bits per heavy atom. The number of nitrogens with one attached hydrogen (secondary N) is 2. The number of rotatable bonds is 6. The van der Waals surface area contributed by atoms with Crippen LogP contribution >= 0.6 is 0 Å². The van der Waals surface area contributed by atoms with Gasteiger partial charge in [-0.15, -0.1) is 0 Å². The van der Waals surface area contributed by atoms with Crippen LogP contribution in [0.1, 0.15) is 25.0 Å². The second kappa shape index (κ2) is 8.80. The lowest BCUT2D eigenvalue weighted by Gasteiger charge is -2.21. The van der Waals surface area contributed by atoms with Crippen LogP contribution in [0.4, 0.5) is 11.4 Å². The minimum Gasteiger partial charge on any atom is -0.329 e. The Morgan fingerprint density at radius 2 is 1.58 bits per heavy atom. The van der Waals surface area contributed by atoms with Crippen molar-refractivity contribution in [2.75, 3.05) is 17.2 Å². The number of carbonyl (C=O) groups is 3. The fourth-order valence-electron chi connectivity index (χ4n) is 2.56. The topological polar surface area (TPSA) is 78.5 Å². The minimum absolute atomic E-state index is 0.0480. The van der Waals surface area contributed by atoms with Gasteiger partial charge in [-0.05, 0) is 30.7 Å². The van der Waals surface area contributed by atoms with E-state index in [-0.39, 0.29) is 24.3 Å². The van der Waals surface area contributed by atoms with Gasteiger partial charge in [0.25, 0.3) is 0 Å². The molecular weight excluding hydrogens is 330 g/mol. The van der Waals surface area contributed by atoms with Crippen molar-refractivity contribution in [1.29, 1.82) is 0 Å². The van der Waals surface area contributed by atoms with E-state index in [1.807, 2.05) is 31.2 Å². The Balaban J connectivity index is 2.01. The number of nitrogens with zero attached hydrogens (tertiary/aromatic N) is 1. The molecule has 26 heavy (non-hydrogen) atoms. The van der Waals surface area contributed by atoms with E-state index < -0.39 is 0 Å². The molecule has 0 unspecified atom stereocenters. The maximum absolute atomic E-state index is 12.3. The molecule has 136 valence electrons. The molecule has 0 aliphatic carbocycles. The largest absolute Gasteiger partial charge is 0.329 e. The van der Waals surface area contributed by atoms with E-state index in [4.69, 9.17) is 0 Å². The number of hydrogen-bond acceptors (Lipinski definition) is 3. The molecule has 0 saturated heterocycles.